The summed E-state index contributed by atoms with van der Waals surface area (Å²) in [4.78, 5) is 11.7. The Balaban J connectivity index is 1.84. The standard InChI is InChI=1S/C14H15ClN2O2/c1-9(11-3-4-11)17-14(18)8-19-13-5-2-10(7-16)6-12(13)15/h2,5-6,9,11H,3-4,8H2,1H3,(H,17,18)/t9-/m0/s1. The maximum Gasteiger partial charge on any atom is 0.258 e. The highest BCUT2D eigenvalue weighted by atomic mass is 35.5. The molecule has 0 saturated heterocycles. The van der Waals surface area contributed by atoms with Crippen molar-refractivity contribution in [3.8, 4) is 11.8 Å². The van der Waals surface area contributed by atoms with Crippen molar-refractivity contribution in [2.75, 3.05) is 6.61 Å². The van der Waals surface area contributed by atoms with Crippen LogP contribution in [0.2, 0.25) is 5.02 Å². The van der Waals surface area contributed by atoms with Crippen LogP contribution in [0.15, 0.2) is 18.2 Å². The van der Waals surface area contributed by atoms with Gasteiger partial charge in [0.05, 0.1) is 16.7 Å². The zero-order valence-corrected chi connectivity index (χ0v) is 11.4. The molecular weight excluding hydrogens is 264 g/mol. The summed E-state index contributed by atoms with van der Waals surface area (Å²) in [5, 5.41) is 11.9. The highest BCUT2D eigenvalue weighted by Crippen LogP contribution is 2.32. The first-order valence-corrected chi connectivity index (χ1v) is 6.59. The number of halogens is 1. The summed E-state index contributed by atoms with van der Waals surface area (Å²) in [6.07, 6.45) is 2.37. The van der Waals surface area contributed by atoms with E-state index < -0.39 is 0 Å². The molecule has 1 N–H and O–H groups in total. The molecule has 1 fully saturated rings. The summed E-state index contributed by atoms with van der Waals surface area (Å²) in [5.41, 5.74) is 0.462. The van der Waals surface area contributed by atoms with Gasteiger partial charge in [0.15, 0.2) is 6.61 Å². The maximum atomic E-state index is 11.7. The number of nitrogens with one attached hydrogen (secondary N) is 1. The van der Waals surface area contributed by atoms with E-state index in [1.807, 2.05) is 13.0 Å². The Hall–Kier alpha value is -1.73. The number of ether oxygens (including phenoxy) is 1. The molecule has 1 saturated carbocycles. The van der Waals surface area contributed by atoms with Gasteiger partial charge in [-0.3, -0.25) is 4.79 Å². The minimum absolute atomic E-state index is 0.0668. The fourth-order valence-corrected chi connectivity index (χ4v) is 2.08. The normalized spacial score (nSPS) is 15.4. The van der Waals surface area contributed by atoms with Crippen LogP contribution in [-0.4, -0.2) is 18.6 Å². The molecule has 5 heteroatoms. The van der Waals surface area contributed by atoms with E-state index in [9.17, 15) is 4.79 Å². The molecule has 0 radical (unpaired) electrons. The second-order valence-electron chi connectivity index (χ2n) is 4.74. The molecule has 1 aliphatic carbocycles. The topological polar surface area (TPSA) is 62.1 Å². The smallest absolute Gasteiger partial charge is 0.258 e. The Morgan fingerprint density at radius 2 is 2.37 bits per heavy atom. The van der Waals surface area contributed by atoms with E-state index in [0.717, 1.165) is 0 Å². The fourth-order valence-electron chi connectivity index (χ4n) is 1.84. The first kappa shape index (κ1) is 13.7. The van der Waals surface area contributed by atoms with Crippen LogP contribution >= 0.6 is 11.6 Å². The number of nitrogens with zero attached hydrogens (tertiary/aromatic N) is 1. The molecule has 1 atom stereocenters. The van der Waals surface area contributed by atoms with Gasteiger partial charge in [0.25, 0.3) is 5.91 Å². The summed E-state index contributed by atoms with van der Waals surface area (Å²) in [5.74, 6) is 0.872. The van der Waals surface area contributed by atoms with E-state index in [1.165, 1.54) is 18.9 Å². The highest BCUT2D eigenvalue weighted by molar-refractivity contribution is 6.32. The number of rotatable bonds is 5. The zero-order valence-electron chi connectivity index (χ0n) is 10.6. The van der Waals surface area contributed by atoms with Crippen molar-refractivity contribution in [3.63, 3.8) is 0 Å². The average Bonchev–Trinajstić information content (AvgIpc) is 3.21. The number of benzene rings is 1. The Kier molecular flexibility index (Phi) is 4.28. The van der Waals surface area contributed by atoms with Crippen LogP contribution in [0.25, 0.3) is 0 Å². The van der Waals surface area contributed by atoms with Gasteiger partial charge in [0.2, 0.25) is 0 Å². The number of amides is 1. The largest absolute Gasteiger partial charge is 0.482 e. The van der Waals surface area contributed by atoms with Crippen molar-refractivity contribution in [1.29, 1.82) is 5.26 Å². The van der Waals surface area contributed by atoms with E-state index in [4.69, 9.17) is 21.6 Å². The molecule has 100 valence electrons. The van der Waals surface area contributed by atoms with Crippen molar-refractivity contribution in [3.05, 3.63) is 28.8 Å². The number of hydrogen-bond acceptors (Lipinski definition) is 3. The first-order valence-electron chi connectivity index (χ1n) is 6.22. The van der Waals surface area contributed by atoms with Gasteiger partial charge >= 0.3 is 0 Å². The third-order valence-electron chi connectivity index (χ3n) is 3.14. The van der Waals surface area contributed by atoms with E-state index in [2.05, 4.69) is 5.32 Å². The van der Waals surface area contributed by atoms with Crippen molar-refractivity contribution in [2.24, 2.45) is 5.92 Å². The van der Waals surface area contributed by atoms with Gasteiger partial charge in [0.1, 0.15) is 5.75 Å². The molecular formula is C14H15ClN2O2. The van der Waals surface area contributed by atoms with Crippen molar-refractivity contribution in [2.45, 2.75) is 25.8 Å². The number of hydrogen-bond donors (Lipinski definition) is 1. The second-order valence-corrected chi connectivity index (χ2v) is 5.15. The minimum atomic E-state index is -0.153. The van der Waals surface area contributed by atoms with Gasteiger partial charge in [-0.25, -0.2) is 0 Å². The fraction of sp³-hybridized carbons (Fsp3) is 0.429. The molecule has 1 aromatic carbocycles. The molecule has 0 aliphatic heterocycles. The molecule has 1 aliphatic rings. The summed E-state index contributed by atoms with van der Waals surface area (Å²) >= 11 is 5.95. The molecule has 0 unspecified atom stereocenters. The predicted octanol–water partition coefficient (Wildman–Crippen LogP) is 2.51. The van der Waals surface area contributed by atoms with Crippen molar-refractivity contribution < 1.29 is 9.53 Å². The van der Waals surface area contributed by atoms with Gasteiger partial charge in [-0.1, -0.05) is 11.6 Å². The van der Waals surface area contributed by atoms with Crippen LogP contribution in [-0.2, 0) is 4.79 Å². The van der Waals surface area contributed by atoms with Gasteiger partial charge in [-0.15, -0.1) is 0 Å². The van der Waals surface area contributed by atoms with Gasteiger partial charge in [0, 0.05) is 6.04 Å². The summed E-state index contributed by atoms with van der Waals surface area (Å²) < 4.78 is 5.35. The van der Waals surface area contributed by atoms with Crippen LogP contribution in [0.4, 0.5) is 0 Å². The third kappa shape index (κ3) is 3.87. The van der Waals surface area contributed by atoms with Gasteiger partial charge in [-0.2, -0.15) is 5.26 Å². The van der Waals surface area contributed by atoms with E-state index in [1.54, 1.807) is 12.1 Å². The van der Waals surface area contributed by atoms with Crippen molar-refractivity contribution >= 4 is 17.5 Å². The Morgan fingerprint density at radius 1 is 1.63 bits per heavy atom. The van der Waals surface area contributed by atoms with E-state index in [-0.39, 0.29) is 18.6 Å². The molecule has 0 bridgehead atoms. The lowest BCUT2D eigenvalue weighted by atomic mass is 10.2. The summed E-state index contributed by atoms with van der Waals surface area (Å²) in [7, 11) is 0. The van der Waals surface area contributed by atoms with Gasteiger partial charge in [-0.05, 0) is 43.9 Å². The lowest BCUT2D eigenvalue weighted by Crippen LogP contribution is -2.37. The van der Waals surface area contributed by atoms with Crippen LogP contribution < -0.4 is 10.1 Å². The monoisotopic (exact) mass is 278 g/mol. The number of carbonyl (C=O) groups is 1. The summed E-state index contributed by atoms with van der Waals surface area (Å²) in [6.45, 7) is 1.94. The SMILES string of the molecule is C[C@H](NC(=O)COc1ccc(C#N)cc1Cl)C1CC1. The minimum Gasteiger partial charge on any atom is -0.482 e. The van der Waals surface area contributed by atoms with E-state index in [0.29, 0.717) is 22.3 Å². The molecule has 1 amide bonds. The summed E-state index contributed by atoms with van der Waals surface area (Å²) in [6, 6.07) is 6.90. The number of carbonyl (C=O) groups excluding carboxylic acids is 1. The zero-order chi connectivity index (χ0) is 13.8. The average molecular weight is 279 g/mol. The highest BCUT2D eigenvalue weighted by Gasteiger charge is 2.28. The lowest BCUT2D eigenvalue weighted by Gasteiger charge is -2.13. The second kappa shape index (κ2) is 5.94. The van der Waals surface area contributed by atoms with Gasteiger partial charge < -0.3 is 10.1 Å². The van der Waals surface area contributed by atoms with E-state index >= 15 is 0 Å². The number of nitriles is 1. The maximum absolute atomic E-state index is 11.7. The Bertz CT molecular complexity index is 521. The van der Waals surface area contributed by atoms with Crippen LogP contribution in [0.3, 0.4) is 0 Å². The van der Waals surface area contributed by atoms with Crippen molar-refractivity contribution in [1.82, 2.24) is 5.32 Å². The third-order valence-corrected chi connectivity index (χ3v) is 3.43. The predicted molar refractivity (Wildman–Crippen MR) is 72.0 cm³/mol. The Morgan fingerprint density at radius 3 is 2.95 bits per heavy atom. The van der Waals surface area contributed by atoms with Crippen LogP contribution in [0.5, 0.6) is 5.75 Å². The first-order chi connectivity index (χ1) is 9.10. The Labute approximate surface area is 117 Å². The molecule has 4 nitrogen and oxygen atoms in total. The molecule has 0 aromatic heterocycles. The molecule has 2 rings (SSSR count). The molecule has 19 heavy (non-hydrogen) atoms. The molecule has 0 spiro atoms. The molecule has 0 heterocycles. The lowest BCUT2D eigenvalue weighted by molar-refractivity contribution is -0.123. The van der Waals surface area contributed by atoms with Crippen LogP contribution in [0.1, 0.15) is 25.3 Å². The quantitative estimate of drug-likeness (QED) is 0.900. The van der Waals surface area contributed by atoms with Crippen LogP contribution in [0, 0.1) is 17.2 Å². The molecule has 1 aromatic rings.